The maximum atomic E-state index is 12.2. The summed E-state index contributed by atoms with van der Waals surface area (Å²) in [6.07, 6.45) is 58.7. The van der Waals surface area contributed by atoms with Crippen LogP contribution >= 0.6 is 0 Å². The van der Waals surface area contributed by atoms with Gasteiger partial charge in [-0.05, 0) is 38.5 Å². The minimum absolute atomic E-state index is 0.167. The molecule has 0 aromatic carbocycles. The van der Waals surface area contributed by atoms with Crippen molar-refractivity contribution in [2.45, 2.75) is 283 Å². The number of aliphatic hydroxyl groups excluding tert-OH is 1. The SMILES string of the molecule is CCCCCCCC/C=C\CCCCCCCCCC(=O)OC(CO)COCCCCCCCCCCCCCCCCCCCCCCCCCCC. The zero-order valence-electron chi connectivity index (χ0n) is 37.0. The molecule has 322 valence electrons. The molecule has 0 rings (SSSR count). The third-order valence-electron chi connectivity index (χ3n) is 11.3. The molecule has 0 amide bonds. The van der Waals surface area contributed by atoms with Crippen molar-refractivity contribution in [3.8, 4) is 0 Å². The number of rotatable bonds is 47. The third-order valence-corrected chi connectivity index (χ3v) is 11.3. The van der Waals surface area contributed by atoms with E-state index in [0.29, 0.717) is 19.6 Å². The van der Waals surface area contributed by atoms with Gasteiger partial charge in [0, 0.05) is 13.0 Å². The van der Waals surface area contributed by atoms with E-state index in [-0.39, 0.29) is 12.6 Å². The van der Waals surface area contributed by atoms with E-state index < -0.39 is 6.10 Å². The first-order valence-electron chi connectivity index (χ1n) is 24.8. The molecule has 4 nitrogen and oxygen atoms in total. The lowest BCUT2D eigenvalue weighted by atomic mass is 10.0. The van der Waals surface area contributed by atoms with E-state index in [1.54, 1.807) is 0 Å². The molecule has 0 aromatic heterocycles. The van der Waals surface area contributed by atoms with Gasteiger partial charge in [0.25, 0.3) is 0 Å². The fourth-order valence-electron chi connectivity index (χ4n) is 7.62. The number of allylic oxidation sites excluding steroid dienone is 2. The minimum Gasteiger partial charge on any atom is -0.457 e. The Labute approximate surface area is 339 Å². The molecule has 4 heteroatoms. The van der Waals surface area contributed by atoms with E-state index in [0.717, 1.165) is 19.3 Å². The van der Waals surface area contributed by atoms with Gasteiger partial charge in [0.15, 0.2) is 0 Å². The van der Waals surface area contributed by atoms with Gasteiger partial charge in [-0.15, -0.1) is 0 Å². The van der Waals surface area contributed by atoms with Gasteiger partial charge in [0.1, 0.15) is 6.10 Å². The number of carbonyl (C=O) groups excluding carboxylic acids is 1. The van der Waals surface area contributed by atoms with Gasteiger partial charge in [-0.25, -0.2) is 0 Å². The average molecular weight is 763 g/mol. The van der Waals surface area contributed by atoms with E-state index in [1.807, 2.05) is 0 Å². The summed E-state index contributed by atoms with van der Waals surface area (Å²) in [7, 11) is 0. The van der Waals surface area contributed by atoms with Crippen LogP contribution in [0.15, 0.2) is 12.2 Å². The van der Waals surface area contributed by atoms with Crippen molar-refractivity contribution in [3.05, 3.63) is 12.2 Å². The molecule has 0 bridgehead atoms. The van der Waals surface area contributed by atoms with E-state index >= 15 is 0 Å². The van der Waals surface area contributed by atoms with Gasteiger partial charge >= 0.3 is 5.97 Å². The Hall–Kier alpha value is -0.870. The van der Waals surface area contributed by atoms with Gasteiger partial charge in [0.05, 0.1) is 13.2 Å². The molecule has 0 fully saturated rings. The summed E-state index contributed by atoms with van der Waals surface area (Å²) < 4.78 is 11.2. The summed E-state index contributed by atoms with van der Waals surface area (Å²) in [5.74, 6) is -0.199. The fourth-order valence-corrected chi connectivity index (χ4v) is 7.62. The Morgan fingerprint density at radius 3 is 1.06 bits per heavy atom. The second-order valence-corrected chi connectivity index (χ2v) is 16.9. The lowest BCUT2D eigenvalue weighted by Gasteiger charge is -2.16. The number of ether oxygens (including phenoxy) is 2. The molecule has 0 saturated carbocycles. The quantitative estimate of drug-likeness (QED) is 0.0381. The first-order valence-corrected chi connectivity index (χ1v) is 24.8. The molecule has 0 heterocycles. The zero-order valence-corrected chi connectivity index (χ0v) is 37.0. The topological polar surface area (TPSA) is 55.8 Å². The van der Waals surface area contributed by atoms with Gasteiger partial charge < -0.3 is 14.6 Å². The normalized spacial score (nSPS) is 12.3. The van der Waals surface area contributed by atoms with Crippen LogP contribution in [-0.2, 0) is 14.3 Å². The summed E-state index contributed by atoms with van der Waals surface area (Å²) in [4.78, 5) is 12.2. The average Bonchev–Trinajstić information content (AvgIpc) is 3.18. The Morgan fingerprint density at radius 1 is 0.426 bits per heavy atom. The highest BCUT2D eigenvalue weighted by Gasteiger charge is 2.13. The molecule has 0 aliphatic heterocycles. The van der Waals surface area contributed by atoms with Crippen molar-refractivity contribution in [1.82, 2.24) is 0 Å². The molecule has 0 aliphatic carbocycles. The predicted molar refractivity (Wildman–Crippen MR) is 238 cm³/mol. The molecule has 54 heavy (non-hydrogen) atoms. The minimum atomic E-state index is -0.531. The molecule has 0 saturated heterocycles. The number of hydrogen-bond acceptors (Lipinski definition) is 4. The maximum absolute atomic E-state index is 12.2. The number of unbranched alkanes of at least 4 members (excludes halogenated alkanes) is 37. The van der Waals surface area contributed by atoms with Crippen molar-refractivity contribution in [1.29, 1.82) is 0 Å². The Kier molecular flexibility index (Phi) is 47.5. The molecule has 0 radical (unpaired) electrons. The molecule has 0 spiro atoms. The second-order valence-electron chi connectivity index (χ2n) is 16.9. The van der Waals surface area contributed by atoms with E-state index in [4.69, 9.17) is 9.47 Å². The largest absolute Gasteiger partial charge is 0.457 e. The van der Waals surface area contributed by atoms with Gasteiger partial charge in [-0.1, -0.05) is 244 Å². The summed E-state index contributed by atoms with van der Waals surface area (Å²) in [6, 6.07) is 0. The van der Waals surface area contributed by atoms with Crippen molar-refractivity contribution < 1.29 is 19.4 Å². The van der Waals surface area contributed by atoms with Crippen LogP contribution in [-0.4, -0.2) is 37.0 Å². The van der Waals surface area contributed by atoms with Crippen molar-refractivity contribution in [3.63, 3.8) is 0 Å². The Morgan fingerprint density at radius 2 is 0.722 bits per heavy atom. The van der Waals surface area contributed by atoms with Crippen molar-refractivity contribution in [2.24, 2.45) is 0 Å². The van der Waals surface area contributed by atoms with Gasteiger partial charge in [-0.3, -0.25) is 4.79 Å². The van der Waals surface area contributed by atoms with Crippen LogP contribution in [0.5, 0.6) is 0 Å². The van der Waals surface area contributed by atoms with Crippen molar-refractivity contribution in [2.75, 3.05) is 19.8 Å². The summed E-state index contributed by atoms with van der Waals surface area (Å²) in [5, 5.41) is 9.63. The molecular weight excluding hydrogens is 665 g/mol. The van der Waals surface area contributed by atoms with Crippen LogP contribution in [0, 0.1) is 0 Å². The molecule has 0 aromatic rings. The second kappa shape index (κ2) is 48.3. The van der Waals surface area contributed by atoms with Crippen LogP contribution in [0.3, 0.4) is 0 Å². The predicted octanol–water partition coefficient (Wildman–Crippen LogP) is 16.5. The highest BCUT2D eigenvalue weighted by molar-refractivity contribution is 5.69. The van der Waals surface area contributed by atoms with Crippen LogP contribution in [0.2, 0.25) is 0 Å². The molecule has 0 aliphatic rings. The van der Waals surface area contributed by atoms with Crippen LogP contribution in [0.25, 0.3) is 0 Å². The highest BCUT2D eigenvalue weighted by Crippen LogP contribution is 2.17. The summed E-state index contributed by atoms with van der Waals surface area (Å²) in [6.45, 7) is 5.39. The first kappa shape index (κ1) is 53.1. The summed E-state index contributed by atoms with van der Waals surface area (Å²) in [5.41, 5.74) is 0. The number of esters is 1. The fraction of sp³-hybridized carbons (Fsp3) is 0.940. The monoisotopic (exact) mass is 763 g/mol. The third kappa shape index (κ3) is 45.5. The summed E-state index contributed by atoms with van der Waals surface area (Å²) >= 11 is 0. The molecule has 1 unspecified atom stereocenters. The van der Waals surface area contributed by atoms with Gasteiger partial charge in [0.2, 0.25) is 0 Å². The zero-order chi connectivity index (χ0) is 39.1. The lowest BCUT2D eigenvalue weighted by Crippen LogP contribution is -2.27. The smallest absolute Gasteiger partial charge is 0.306 e. The van der Waals surface area contributed by atoms with Crippen molar-refractivity contribution >= 4 is 5.97 Å². The van der Waals surface area contributed by atoms with E-state index in [2.05, 4.69) is 26.0 Å². The maximum Gasteiger partial charge on any atom is 0.306 e. The number of aliphatic hydroxyl groups is 1. The van der Waals surface area contributed by atoms with E-state index in [1.165, 1.54) is 238 Å². The highest BCUT2D eigenvalue weighted by atomic mass is 16.6. The Balaban J connectivity index is 3.34. The van der Waals surface area contributed by atoms with Crippen LogP contribution in [0.1, 0.15) is 277 Å². The molecule has 1 N–H and O–H groups in total. The van der Waals surface area contributed by atoms with Gasteiger partial charge in [-0.2, -0.15) is 0 Å². The Bertz CT molecular complexity index is 721. The number of carbonyl (C=O) groups is 1. The molecule has 1 atom stereocenters. The lowest BCUT2D eigenvalue weighted by molar-refractivity contribution is -0.154. The standard InChI is InChI=1S/C50H98O4/c1-3-5-7-9-11-13-15-17-19-21-22-23-24-25-26-27-28-30-32-34-36-38-40-42-44-46-53-48-49(47-51)54-50(52)45-43-41-39-37-35-33-31-29-20-18-16-14-12-10-8-6-4-2/h18,20,49,51H,3-17,19,21-48H2,1-2H3/b20-18-. The van der Waals surface area contributed by atoms with Crippen LogP contribution in [0.4, 0.5) is 0 Å². The van der Waals surface area contributed by atoms with Crippen LogP contribution < -0.4 is 0 Å². The molecular formula is C50H98O4. The number of hydrogen-bond donors (Lipinski definition) is 1. The van der Waals surface area contributed by atoms with E-state index in [9.17, 15) is 9.90 Å². The first-order chi connectivity index (χ1) is 26.7.